The van der Waals surface area contributed by atoms with Crippen molar-refractivity contribution in [2.24, 2.45) is 10.2 Å². The van der Waals surface area contributed by atoms with Gasteiger partial charge in [-0.2, -0.15) is 5.11 Å². The molecule has 2 rings (SSSR count). The monoisotopic (exact) mass is 324 g/mol. The average molecular weight is 324 g/mol. The molecule has 0 fully saturated rings. The first-order valence-corrected chi connectivity index (χ1v) is 6.11. The van der Waals surface area contributed by atoms with Gasteiger partial charge < -0.3 is 10.2 Å². The predicted molar refractivity (Wildman–Crippen MR) is 77.1 cm³/mol. The van der Waals surface area contributed by atoms with Crippen molar-refractivity contribution < 1.29 is 49.5 Å². The zero-order valence-corrected chi connectivity index (χ0v) is 14.4. The third-order valence-electron chi connectivity index (χ3n) is 2.81. The molecule has 0 saturated carbocycles. The Morgan fingerprint density at radius 2 is 1.87 bits per heavy atom. The molecule has 0 heterocycles. The zero-order chi connectivity index (χ0) is 16.3. The number of azo groups is 1. The van der Waals surface area contributed by atoms with E-state index in [1.165, 1.54) is 24.3 Å². The number of carbonyl (C=O) groups is 1. The number of hydrogen-bond donors (Lipinski definition) is 2. The van der Waals surface area contributed by atoms with Gasteiger partial charge in [-0.05, 0) is 36.8 Å². The number of rotatable bonds is 4. The summed E-state index contributed by atoms with van der Waals surface area (Å²) in [6.45, 7) is 1.72. The smallest absolute Gasteiger partial charge is 0.507 e. The summed E-state index contributed by atoms with van der Waals surface area (Å²) in [7, 11) is 0. The van der Waals surface area contributed by atoms with Gasteiger partial charge in [-0.15, -0.1) is 5.11 Å². The zero-order valence-electron chi connectivity index (χ0n) is 12.4. The molecule has 8 nitrogen and oxygen atoms in total. The van der Waals surface area contributed by atoms with Crippen LogP contribution in [0, 0.1) is 17.0 Å². The Morgan fingerprint density at radius 3 is 2.48 bits per heavy atom. The van der Waals surface area contributed by atoms with Crippen LogP contribution in [0.2, 0.25) is 0 Å². The molecule has 0 aliphatic heterocycles. The van der Waals surface area contributed by atoms with Crippen LogP contribution in [0.3, 0.4) is 0 Å². The molecule has 0 atom stereocenters. The number of aromatic hydroxyl groups is 1. The van der Waals surface area contributed by atoms with Crippen molar-refractivity contribution in [3.63, 3.8) is 0 Å². The van der Waals surface area contributed by atoms with Gasteiger partial charge in [0.2, 0.25) is 0 Å². The van der Waals surface area contributed by atoms with Gasteiger partial charge in [0.05, 0.1) is 10.6 Å². The van der Waals surface area contributed by atoms with Crippen LogP contribution in [0.1, 0.15) is 15.9 Å². The summed E-state index contributed by atoms with van der Waals surface area (Å²) in [6.07, 6.45) is 0. The van der Waals surface area contributed by atoms with Crippen molar-refractivity contribution in [2.45, 2.75) is 6.92 Å². The van der Waals surface area contributed by atoms with E-state index in [2.05, 4.69) is 10.2 Å². The molecule has 0 spiro atoms. The Bertz CT molecular complexity index is 792. The number of phenols is 1. The second-order valence-corrected chi connectivity index (χ2v) is 4.46. The Hall–Kier alpha value is -2.29. The maximum absolute atomic E-state index is 11.0. The summed E-state index contributed by atoms with van der Waals surface area (Å²) >= 11 is 0. The van der Waals surface area contributed by atoms with Crippen molar-refractivity contribution >= 4 is 23.0 Å². The van der Waals surface area contributed by atoms with Gasteiger partial charge in [0.15, 0.2) is 5.69 Å². The van der Waals surface area contributed by atoms with E-state index in [4.69, 9.17) is 5.11 Å². The quantitative estimate of drug-likeness (QED) is 0.371. The number of aryl methyl sites for hydroxylation is 1. The maximum atomic E-state index is 11.0. The standard InChI is InChI=1S/C14H11N3O5.Na/c1-8-2-4-11(12(6-8)17(21)22)16-15-9-3-5-13(18)10(7-9)14(19)20;/h2-7,18H,1H3,(H,19,20);/q;+1. The van der Waals surface area contributed by atoms with E-state index >= 15 is 0 Å². The number of aromatic carboxylic acids is 1. The van der Waals surface area contributed by atoms with Gasteiger partial charge in [0, 0.05) is 6.07 Å². The largest absolute Gasteiger partial charge is 1.00 e. The molecule has 112 valence electrons. The first-order valence-electron chi connectivity index (χ1n) is 6.11. The van der Waals surface area contributed by atoms with Gasteiger partial charge in [-0.25, -0.2) is 4.79 Å². The fraction of sp³-hybridized carbons (Fsp3) is 0.0714. The average Bonchev–Trinajstić information content (AvgIpc) is 2.46. The minimum absolute atomic E-state index is 0. The number of nitrogens with zero attached hydrogens (tertiary/aromatic N) is 3. The molecule has 2 aromatic carbocycles. The molecule has 2 aromatic rings. The Labute approximate surface area is 152 Å². The second-order valence-electron chi connectivity index (χ2n) is 4.46. The number of nitro groups is 1. The van der Waals surface area contributed by atoms with E-state index in [-0.39, 0.29) is 52.2 Å². The SMILES string of the molecule is Cc1ccc(N=Nc2ccc(O)c(C(=O)O)c2)c([N+](=O)[O-])c1.[Na+]. The topological polar surface area (TPSA) is 125 Å². The summed E-state index contributed by atoms with van der Waals surface area (Å²) < 4.78 is 0. The Balaban J connectivity index is 0.00000264. The van der Waals surface area contributed by atoms with Crippen molar-refractivity contribution in [3.8, 4) is 5.75 Å². The van der Waals surface area contributed by atoms with E-state index < -0.39 is 16.6 Å². The molecular weight excluding hydrogens is 313 g/mol. The van der Waals surface area contributed by atoms with Crippen molar-refractivity contribution in [2.75, 3.05) is 0 Å². The van der Waals surface area contributed by atoms with E-state index in [9.17, 15) is 20.0 Å². The van der Waals surface area contributed by atoms with Crippen LogP contribution in [0.15, 0.2) is 46.6 Å². The molecule has 0 saturated heterocycles. The number of benzene rings is 2. The molecule has 9 heteroatoms. The molecule has 0 radical (unpaired) electrons. The number of carboxylic acids is 1. The molecule has 0 aromatic heterocycles. The van der Waals surface area contributed by atoms with Crippen LogP contribution in [0.25, 0.3) is 0 Å². The van der Waals surface area contributed by atoms with Crippen molar-refractivity contribution in [1.82, 2.24) is 0 Å². The number of nitro benzene ring substituents is 1. The fourth-order valence-corrected chi connectivity index (χ4v) is 1.73. The van der Waals surface area contributed by atoms with Crippen LogP contribution >= 0.6 is 0 Å². The van der Waals surface area contributed by atoms with E-state index in [0.29, 0.717) is 5.56 Å². The first kappa shape index (κ1) is 18.8. The fourth-order valence-electron chi connectivity index (χ4n) is 1.73. The van der Waals surface area contributed by atoms with Crippen LogP contribution < -0.4 is 29.6 Å². The minimum Gasteiger partial charge on any atom is -0.507 e. The molecule has 2 N–H and O–H groups in total. The first-order chi connectivity index (χ1) is 10.4. The second kappa shape index (κ2) is 7.82. The maximum Gasteiger partial charge on any atom is 1.00 e. The van der Waals surface area contributed by atoms with Crippen LogP contribution in [0.5, 0.6) is 5.75 Å². The van der Waals surface area contributed by atoms with Gasteiger partial charge in [-0.3, -0.25) is 10.1 Å². The van der Waals surface area contributed by atoms with Gasteiger partial charge in [0.1, 0.15) is 11.3 Å². The molecule has 0 bridgehead atoms. The Morgan fingerprint density at radius 1 is 1.17 bits per heavy atom. The van der Waals surface area contributed by atoms with Crippen LogP contribution in [-0.2, 0) is 0 Å². The summed E-state index contributed by atoms with van der Waals surface area (Å²) in [5.41, 5.74) is 0.407. The van der Waals surface area contributed by atoms with Crippen molar-refractivity contribution in [1.29, 1.82) is 0 Å². The molecule has 0 amide bonds. The third kappa shape index (κ3) is 4.59. The normalized spacial score (nSPS) is 10.3. The molecular formula is C14H11N3NaO5+. The summed E-state index contributed by atoms with van der Waals surface area (Å²) in [6, 6.07) is 8.12. The molecule has 0 unspecified atom stereocenters. The van der Waals surface area contributed by atoms with Crippen LogP contribution in [-0.4, -0.2) is 21.1 Å². The molecule has 0 aliphatic carbocycles. The molecule has 23 heavy (non-hydrogen) atoms. The number of carboxylic acid groups (broad SMARTS) is 1. The third-order valence-corrected chi connectivity index (χ3v) is 2.81. The minimum atomic E-state index is -1.31. The summed E-state index contributed by atoms with van der Waals surface area (Å²) in [5.74, 6) is -1.70. The summed E-state index contributed by atoms with van der Waals surface area (Å²) in [5, 5.41) is 36.8. The van der Waals surface area contributed by atoms with Gasteiger partial charge >= 0.3 is 35.5 Å². The number of hydrogen-bond acceptors (Lipinski definition) is 6. The molecule has 0 aliphatic rings. The summed E-state index contributed by atoms with van der Waals surface area (Å²) in [4.78, 5) is 21.3. The van der Waals surface area contributed by atoms with E-state index in [1.807, 2.05) is 0 Å². The van der Waals surface area contributed by atoms with Crippen LogP contribution in [0.4, 0.5) is 17.1 Å². The van der Waals surface area contributed by atoms with Crippen molar-refractivity contribution in [3.05, 3.63) is 57.6 Å². The Kier molecular flexibility index (Phi) is 6.38. The predicted octanol–water partition coefficient (Wildman–Crippen LogP) is 0.726. The van der Waals surface area contributed by atoms with Gasteiger partial charge in [0.25, 0.3) is 5.69 Å². The van der Waals surface area contributed by atoms with E-state index in [0.717, 1.165) is 6.07 Å². The van der Waals surface area contributed by atoms with Gasteiger partial charge in [-0.1, -0.05) is 6.07 Å². The van der Waals surface area contributed by atoms with E-state index in [1.54, 1.807) is 13.0 Å².